The summed E-state index contributed by atoms with van der Waals surface area (Å²) >= 11 is 0. The molecule has 7 nitrogen and oxygen atoms in total. The summed E-state index contributed by atoms with van der Waals surface area (Å²) in [7, 11) is 1.93. The first-order chi connectivity index (χ1) is 16.0. The molecule has 0 aliphatic carbocycles. The summed E-state index contributed by atoms with van der Waals surface area (Å²) in [4.78, 5) is 15.9. The van der Waals surface area contributed by atoms with Crippen LogP contribution >= 0.6 is 0 Å². The van der Waals surface area contributed by atoms with E-state index in [4.69, 9.17) is 0 Å². The number of pyridine rings is 1. The van der Waals surface area contributed by atoms with Gasteiger partial charge in [0.1, 0.15) is 5.82 Å². The molecule has 0 bridgehead atoms. The third-order valence-electron chi connectivity index (χ3n) is 5.45. The summed E-state index contributed by atoms with van der Waals surface area (Å²) in [5.41, 5.74) is 6.12. The van der Waals surface area contributed by atoms with Crippen LogP contribution in [0, 0.1) is 0 Å². The molecule has 2 aromatic carbocycles. The Morgan fingerprint density at radius 1 is 0.970 bits per heavy atom. The van der Waals surface area contributed by atoms with E-state index in [0.717, 1.165) is 45.9 Å². The molecule has 0 radical (unpaired) electrons. The minimum absolute atomic E-state index is 0.0913. The van der Waals surface area contributed by atoms with Crippen molar-refractivity contribution in [3.8, 4) is 11.3 Å². The molecule has 7 heteroatoms. The highest BCUT2D eigenvalue weighted by Gasteiger charge is 2.14. The first-order valence-electron chi connectivity index (χ1n) is 10.7. The highest BCUT2D eigenvalue weighted by Crippen LogP contribution is 2.30. The maximum atomic E-state index is 11.2. The summed E-state index contributed by atoms with van der Waals surface area (Å²) in [5, 5.41) is 11.6. The minimum atomic E-state index is -0.0913. The van der Waals surface area contributed by atoms with E-state index in [-0.39, 0.29) is 5.91 Å². The summed E-state index contributed by atoms with van der Waals surface area (Å²) in [6.45, 7) is 2.24. The van der Waals surface area contributed by atoms with Crippen LogP contribution in [0.4, 0.5) is 17.2 Å². The first kappa shape index (κ1) is 20.5. The molecule has 0 unspecified atom stereocenters. The van der Waals surface area contributed by atoms with Gasteiger partial charge in [0.05, 0.1) is 17.4 Å². The van der Waals surface area contributed by atoms with Gasteiger partial charge >= 0.3 is 0 Å². The normalized spacial score (nSPS) is 11.0. The Morgan fingerprint density at radius 3 is 2.42 bits per heavy atom. The molecule has 0 spiro atoms. The van der Waals surface area contributed by atoms with E-state index in [1.165, 1.54) is 12.5 Å². The van der Waals surface area contributed by atoms with Crippen molar-refractivity contribution in [2.24, 2.45) is 7.05 Å². The Hall–Kier alpha value is -4.39. The van der Waals surface area contributed by atoms with Crippen molar-refractivity contribution in [2.45, 2.75) is 13.5 Å². The SMILES string of the molecule is CC(=O)Nc1ccc(Nc2cc3c(cn2)cc(-c2cnn(C)c2)n3Cc2ccccc2)cc1. The number of aromatic nitrogens is 4. The lowest BCUT2D eigenvalue weighted by molar-refractivity contribution is -0.114. The van der Waals surface area contributed by atoms with E-state index in [1.54, 1.807) is 0 Å². The Kier molecular flexibility index (Phi) is 5.36. The minimum Gasteiger partial charge on any atom is -0.340 e. The fraction of sp³-hybridized carbons (Fsp3) is 0.115. The maximum Gasteiger partial charge on any atom is 0.221 e. The van der Waals surface area contributed by atoms with Gasteiger partial charge in [-0.25, -0.2) is 4.98 Å². The van der Waals surface area contributed by atoms with Crippen LogP contribution in [0.2, 0.25) is 0 Å². The number of rotatable bonds is 6. The van der Waals surface area contributed by atoms with Gasteiger partial charge in [0.15, 0.2) is 0 Å². The molecule has 0 saturated carbocycles. The van der Waals surface area contributed by atoms with Crippen molar-refractivity contribution in [3.05, 3.63) is 90.9 Å². The van der Waals surface area contributed by atoms with Gasteiger partial charge in [-0.3, -0.25) is 9.48 Å². The fourth-order valence-electron chi connectivity index (χ4n) is 3.94. The lowest BCUT2D eigenvalue weighted by atomic mass is 10.2. The van der Waals surface area contributed by atoms with Gasteiger partial charge in [-0.05, 0) is 35.9 Å². The Balaban J connectivity index is 1.52. The van der Waals surface area contributed by atoms with Gasteiger partial charge in [-0.2, -0.15) is 5.10 Å². The lowest BCUT2D eigenvalue weighted by Crippen LogP contribution is -2.05. The Labute approximate surface area is 191 Å². The van der Waals surface area contributed by atoms with Gasteiger partial charge in [0, 0.05) is 61.3 Å². The Morgan fingerprint density at radius 2 is 1.73 bits per heavy atom. The number of carbonyl (C=O) groups excluding carboxylic acids is 1. The first-order valence-corrected chi connectivity index (χ1v) is 10.7. The number of anilines is 3. The summed E-state index contributed by atoms with van der Waals surface area (Å²) in [5.74, 6) is 0.659. The van der Waals surface area contributed by atoms with Crippen molar-refractivity contribution >= 4 is 34.0 Å². The number of benzene rings is 2. The maximum absolute atomic E-state index is 11.2. The van der Waals surface area contributed by atoms with Crippen LogP contribution in [0.1, 0.15) is 12.5 Å². The molecule has 5 aromatic rings. The Bertz CT molecular complexity index is 1420. The van der Waals surface area contributed by atoms with Crippen LogP contribution in [-0.2, 0) is 18.4 Å². The van der Waals surface area contributed by atoms with Gasteiger partial charge in [0.25, 0.3) is 0 Å². The summed E-state index contributed by atoms with van der Waals surface area (Å²) in [6.07, 6.45) is 5.81. The van der Waals surface area contributed by atoms with Crippen molar-refractivity contribution in [2.75, 3.05) is 10.6 Å². The average Bonchev–Trinajstić information content (AvgIpc) is 3.39. The number of nitrogens with zero attached hydrogens (tertiary/aromatic N) is 4. The number of nitrogens with one attached hydrogen (secondary N) is 2. The average molecular weight is 437 g/mol. The second-order valence-electron chi connectivity index (χ2n) is 8.02. The molecule has 164 valence electrons. The molecular weight excluding hydrogens is 412 g/mol. The van der Waals surface area contributed by atoms with Crippen LogP contribution in [0.3, 0.4) is 0 Å². The van der Waals surface area contributed by atoms with E-state index < -0.39 is 0 Å². The van der Waals surface area contributed by atoms with E-state index in [2.05, 4.69) is 61.7 Å². The number of carbonyl (C=O) groups is 1. The molecule has 0 aliphatic rings. The van der Waals surface area contributed by atoms with Crippen LogP contribution in [0.5, 0.6) is 0 Å². The molecule has 1 amide bonds. The molecule has 33 heavy (non-hydrogen) atoms. The molecule has 0 aliphatic heterocycles. The highest BCUT2D eigenvalue weighted by atomic mass is 16.1. The van der Waals surface area contributed by atoms with E-state index in [9.17, 15) is 4.79 Å². The van der Waals surface area contributed by atoms with Crippen LogP contribution in [0.15, 0.2) is 85.3 Å². The van der Waals surface area contributed by atoms with Gasteiger partial charge in [0.2, 0.25) is 5.91 Å². The topological polar surface area (TPSA) is 76.8 Å². The predicted octanol–water partition coefficient (Wildman–Crippen LogP) is 5.19. The number of hydrogen-bond acceptors (Lipinski definition) is 4. The van der Waals surface area contributed by atoms with Crippen molar-refractivity contribution < 1.29 is 4.79 Å². The highest BCUT2D eigenvalue weighted by molar-refractivity contribution is 5.90. The van der Waals surface area contributed by atoms with E-state index in [1.807, 2.05) is 60.7 Å². The number of aryl methyl sites for hydroxylation is 1. The molecule has 3 aromatic heterocycles. The number of fused-ring (bicyclic) bond motifs is 1. The molecule has 0 saturated heterocycles. The zero-order valence-corrected chi connectivity index (χ0v) is 18.5. The van der Waals surface area contributed by atoms with Gasteiger partial charge < -0.3 is 15.2 Å². The molecule has 5 rings (SSSR count). The smallest absolute Gasteiger partial charge is 0.221 e. The monoisotopic (exact) mass is 436 g/mol. The predicted molar refractivity (Wildman–Crippen MR) is 132 cm³/mol. The van der Waals surface area contributed by atoms with E-state index in [0.29, 0.717) is 0 Å². The van der Waals surface area contributed by atoms with Crippen molar-refractivity contribution in [1.29, 1.82) is 0 Å². The van der Waals surface area contributed by atoms with E-state index >= 15 is 0 Å². The summed E-state index contributed by atoms with van der Waals surface area (Å²) < 4.78 is 4.12. The van der Waals surface area contributed by atoms with Crippen LogP contribution < -0.4 is 10.6 Å². The summed E-state index contributed by atoms with van der Waals surface area (Å²) in [6, 6.07) is 22.2. The quantitative estimate of drug-likeness (QED) is 0.384. The third kappa shape index (κ3) is 4.48. The second kappa shape index (κ2) is 8.63. The number of hydrogen-bond donors (Lipinski definition) is 2. The van der Waals surface area contributed by atoms with Crippen molar-refractivity contribution in [3.63, 3.8) is 0 Å². The number of amides is 1. The largest absolute Gasteiger partial charge is 0.340 e. The fourth-order valence-corrected chi connectivity index (χ4v) is 3.94. The zero-order chi connectivity index (χ0) is 22.8. The standard InChI is InChI=1S/C26H24N6O/c1-18(33)29-22-8-10-23(11-9-22)30-26-13-25-20(14-27-26)12-24(21-15-28-31(2)17-21)32(25)16-19-6-4-3-5-7-19/h3-15,17H,16H2,1-2H3,(H,27,30)(H,29,33). The lowest BCUT2D eigenvalue weighted by Gasteiger charge is -2.12. The second-order valence-corrected chi connectivity index (χ2v) is 8.02. The van der Waals surface area contributed by atoms with Crippen LogP contribution in [-0.4, -0.2) is 25.2 Å². The molecule has 2 N–H and O–H groups in total. The molecular formula is C26H24N6O. The zero-order valence-electron chi connectivity index (χ0n) is 18.5. The molecule has 3 heterocycles. The third-order valence-corrected chi connectivity index (χ3v) is 5.45. The van der Waals surface area contributed by atoms with Crippen molar-refractivity contribution in [1.82, 2.24) is 19.3 Å². The van der Waals surface area contributed by atoms with Gasteiger partial charge in [-0.1, -0.05) is 30.3 Å². The molecule has 0 atom stereocenters. The van der Waals surface area contributed by atoms with Gasteiger partial charge in [-0.15, -0.1) is 0 Å². The van der Waals surface area contributed by atoms with Crippen LogP contribution in [0.25, 0.3) is 22.2 Å². The molecule has 0 fully saturated rings.